The number of aliphatic hydroxyl groups is 1. The van der Waals surface area contributed by atoms with Gasteiger partial charge < -0.3 is 10.4 Å². The Bertz CT molecular complexity index is 523. The van der Waals surface area contributed by atoms with Crippen molar-refractivity contribution in [2.45, 2.75) is 20.5 Å². The summed E-state index contributed by atoms with van der Waals surface area (Å²) in [5.41, 5.74) is 4.18. The first-order valence-electron chi connectivity index (χ1n) is 5.59. The molecule has 0 atom stereocenters. The van der Waals surface area contributed by atoms with Gasteiger partial charge in [0.2, 0.25) is 0 Å². The van der Waals surface area contributed by atoms with E-state index in [-0.39, 0.29) is 6.61 Å². The van der Waals surface area contributed by atoms with Crippen LogP contribution in [0.2, 0.25) is 0 Å². The largest absolute Gasteiger partial charge is 0.392 e. The quantitative estimate of drug-likeness (QED) is 0.849. The van der Waals surface area contributed by atoms with E-state index in [4.69, 9.17) is 0 Å². The summed E-state index contributed by atoms with van der Waals surface area (Å²) < 4.78 is 0. The van der Waals surface area contributed by atoms with Crippen LogP contribution in [-0.2, 0) is 6.61 Å². The van der Waals surface area contributed by atoms with Gasteiger partial charge in [-0.2, -0.15) is 0 Å². The molecule has 0 fully saturated rings. The van der Waals surface area contributed by atoms with E-state index in [1.165, 1.54) is 5.56 Å². The Kier molecular flexibility index (Phi) is 3.40. The Hall–Kier alpha value is -1.87. The third-order valence-electron chi connectivity index (χ3n) is 2.71. The Morgan fingerprint density at radius 2 is 2.06 bits per heavy atom. The number of benzene rings is 1. The van der Waals surface area contributed by atoms with E-state index >= 15 is 0 Å². The normalized spacial score (nSPS) is 10.3. The van der Waals surface area contributed by atoms with Crippen LogP contribution in [0.25, 0.3) is 0 Å². The highest BCUT2D eigenvalue weighted by molar-refractivity contribution is 5.63. The highest BCUT2D eigenvalue weighted by Crippen LogP contribution is 2.22. The maximum absolute atomic E-state index is 9.24. The van der Waals surface area contributed by atoms with E-state index in [0.717, 1.165) is 16.8 Å². The number of anilines is 2. The number of rotatable bonds is 3. The van der Waals surface area contributed by atoms with Crippen LogP contribution >= 0.6 is 0 Å². The fourth-order valence-electron chi connectivity index (χ4n) is 1.68. The van der Waals surface area contributed by atoms with Crippen LogP contribution in [0.1, 0.15) is 16.7 Å². The summed E-state index contributed by atoms with van der Waals surface area (Å²) in [6, 6.07) is 9.90. The molecule has 88 valence electrons. The van der Waals surface area contributed by atoms with Crippen molar-refractivity contribution < 1.29 is 5.11 Å². The zero-order valence-corrected chi connectivity index (χ0v) is 10.1. The zero-order valence-electron chi connectivity index (χ0n) is 10.1. The summed E-state index contributed by atoms with van der Waals surface area (Å²) in [7, 11) is 0. The Labute approximate surface area is 101 Å². The van der Waals surface area contributed by atoms with Crippen LogP contribution in [0.3, 0.4) is 0 Å². The van der Waals surface area contributed by atoms with Crippen LogP contribution in [0, 0.1) is 13.8 Å². The van der Waals surface area contributed by atoms with Crippen molar-refractivity contribution in [2.24, 2.45) is 0 Å². The topological polar surface area (TPSA) is 45.2 Å². The van der Waals surface area contributed by atoms with Crippen molar-refractivity contribution in [3.8, 4) is 0 Å². The smallest absolute Gasteiger partial charge is 0.135 e. The third kappa shape index (κ3) is 2.63. The van der Waals surface area contributed by atoms with Crippen molar-refractivity contribution in [3.63, 3.8) is 0 Å². The second-order valence-corrected chi connectivity index (χ2v) is 4.11. The van der Waals surface area contributed by atoms with Gasteiger partial charge in [-0.25, -0.2) is 4.98 Å². The SMILES string of the molecule is Cc1ccc(C)c(Nc2ncccc2CO)c1. The van der Waals surface area contributed by atoms with Crippen LogP contribution in [0.15, 0.2) is 36.5 Å². The number of hydrogen-bond acceptors (Lipinski definition) is 3. The number of aliphatic hydroxyl groups excluding tert-OH is 1. The van der Waals surface area contributed by atoms with Gasteiger partial charge in [-0.05, 0) is 37.1 Å². The summed E-state index contributed by atoms with van der Waals surface area (Å²) in [6.07, 6.45) is 1.71. The van der Waals surface area contributed by atoms with E-state index in [1.807, 2.05) is 19.1 Å². The van der Waals surface area contributed by atoms with Gasteiger partial charge in [0, 0.05) is 17.4 Å². The molecule has 0 aliphatic heterocycles. The number of pyridine rings is 1. The van der Waals surface area contributed by atoms with Crippen LogP contribution in [0.5, 0.6) is 0 Å². The van der Waals surface area contributed by atoms with Crippen molar-refractivity contribution >= 4 is 11.5 Å². The van der Waals surface area contributed by atoms with Gasteiger partial charge in [-0.1, -0.05) is 18.2 Å². The lowest BCUT2D eigenvalue weighted by molar-refractivity contribution is 0.282. The van der Waals surface area contributed by atoms with Crippen molar-refractivity contribution in [1.29, 1.82) is 0 Å². The summed E-state index contributed by atoms with van der Waals surface area (Å²) in [4.78, 5) is 4.24. The lowest BCUT2D eigenvalue weighted by Crippen LogP contribution is -2.00. The standard InChI is InChI=1S/C14H16N2O/c1-10-5-6-11(2)13(8-10)16-14-12(9-17)4-3-7-15-14/h3-8,17H,9H2,1-2H3,(H,15,16). The minimum absolute atomic E-state index is 0.0129. The zero-order chi connectivity index (χ0) is 12.3. The second-order valence-electron chi connectivity index (χ2n) is 4.11. The minimum atomic E-state index is -0.0129. The number of nitrogens with zero attached hydrogens (tertiary/aromatic N) is 1. The monoisotopic (exact) mass is 228 g/mol. The van der Waals surface area contributed by atoms with E-state index in [0.29, 0.717) is 5.82 Å². The Balaban J connectivity index is 2.34. The Morgan fingerprint density at radius 3 is 2.82 bits per heavy atom. The van der Waals surface area contributed by atoms with E-state index < -0.39 is 0 Å². The molecule has 2 rings (SSSR count). The molecule has 0 radical (unpaired) electrons. The average molecular weight is 228 g/mol. The summed E-state index contributed by atoms with van der Waals surface area (Å²) in [5.74, 6) is 0.712. The molecule has 17 heavy (non-hydrogen) atoms. The molecule has 2 N–H and O–H groups in total. The number of aryl methyl sites for hydroxylation is 2. The van der Waals surface area contributed by atoms with Crippen LogP contribution in [0.4, 0.5) is 11.5 Å². The third-order valence-corrected chi connectivity index (χ3v) is 2.71. The molecule has 0 unspecified atom stereocenters. The van der Waals surface area contributed by atoms with Gasteiger partial charge in [-0.3, -0.25) is 0 Å². The highest BCUT2D eigenvalue weighted by Gasteiger charge is 2.04. The molecule has 3 nitrogen and oxygen atoms in total. The lowest BCUT2D eigenvalue weighted by atomic mass is 10.1. The Morgan fingerprint density at radius 1 is 1.24 bits per heavy atom. The van der Waals surface area contributed by atoms with Gasteiger partial charge in [0.25, 0.3) is 0 Å². The van der Waals surface area contributed by atoms with E-state index in [1.54, 1.807) is 6.20 Å². The van der Waals surface area contributed by atoms with Gasteiger partial charge in [-0.15, -0.1) is 0 Å². The molecule has 3 heteroatoms. The summed E-state index contributed by atoms with van der Waals surface area (Å²) >= 11 is 0. The molecule has 0 saturated carbocycles. The van der Waals surface area contributed by atoms with E-state index in [2.05, 4.69) is 35.4 Å². The molecule has 0 bridgehead atoms. The second kappa shape index (κ2) is 4.97. The van der Waals surface area contributed by atoms with Crippen LogP contribution < -0.4 is 5.32 Å². The van der Waals surface area contributed by atoms with Gasteiger partial charge >= 0.3 is 0 Å². The summed E-state index contributed by atoms with van der Waals surface area (Å²) in [6.45, 7) is 4.08. The van der Waals surface area contributed by atoms with Crippen molar-refractivity contribution in [1.82, 2.24) is 4.98 Å². The maximum atomic E-state index is 9.24. The first kappa shape index (κ1) is 11.6. The molecule has 1 aromatic heterocycles. The fraction of sp³-hybridized carbons (Fsp3) is 0.214. The van der Waals surface area contributed by atoms with Gasteiger partial charge in [0.05, 0.1) is 6.61 Å². The predicted octanol–water partition coefficient (Wildman–Crippen LogP) is 2.93. The molecule has 0 aliphatic rings. The number of aromatic nitrogens is 1. The highest BCUT2D eigenvalue weighted by atomic mass is 16.3. The molecule has 0 amide bonds. The number of nitrogens with one attached hydrogen (secondary N) is 1. The van der Waals surface area contributed by atoms with Gasteiger partial charge in [0.15, 0.2) is 0 Å². The summed E-state index contributed by atoms with van der Waals surface area (Å²) in [5, 5.41) is 12.5. The maximum Gasteiger partial charge on any atom is 0.135 e. The molecule has 0 spiro atoms. The molecular weight excluding hydrogens is 212 g/mol. The predicted molar refractivity (Wildman–Crippen MR) is 69.4 cm³/mol. The molecule has 0 saturated heterocycles. The lowest BCUT2D eigenvalue weighted by Gasteiger charge is -2.12. The first-order valence-corrected chi connectivity index (χ1v) is 5.59. The fourth-order valence-corrected chi connectivity index (χ4v) is 1.68. The van der Waals surface area contributed by atoms with Gasteiger partial charge in [0.1, 0.15) is 5.82 Å². The van der Waals surface area contributed by atoms with Crippen molar-refractivity contribution in [3.05, 3.63) is 53.2 Å². The minimum Gasteiger partial charge on any atom is -0.392 e. The molecule has 2 aromatic rings. The van der Waals surface area contributed by atoms with E-state index in [9.17, 15) is 5.11 Å². The van der Waals surface area contributed by atoms with Crippen LogP contribution in [-0.4, -0.2) is 10.1 Å². The molecule has 1 heterocycles. The molecular formula is C14H16N2O. The first-order chi connectivity index (χ1) is 8.20. The average Bonchev–Trinajstić information content (AvgIpc) is 2.34. The molecule has 0 aliphatic carbocycles. The molecule has 1 aromatic carbocycles. The van der Waals surface area contributed by atoms with Crippen molar-refractivity contribution in [2.75, 3.05) is 5.32 Å². The number of hydrogen-bond donors (Lipinski definition) is 2.